The molecule has 1 aromatic heterocycles. The molecule has 21 heavy (non-hydrogen) atoms. The fourth-order valence-electron chi connectivity index (χ4n) is 2.52. The molecule has 0 amide bonds. The van der Waals surface area contributed by atoms with Crippen LogP contribution in [0.5, 0.6) is 0 Å². The van der Waals surface area contributed by atoms with Crippen LogP contribution in [-0.2, 0) is 22.8 Å². The molecule has 0 unspecified atom stereocenters. The molecular weight excluding hydrogens is 292 g/mol. The standard InChI is InChI=1S/C13H24N4O3S/c1-4-13-14-12(15-20-13)10-16(2)11-5-6-17(9-11)7-8-21(3,18)19/h11H,4-10H2,1-3H3/t11-/m0/s1. The van der Waals surface area contributed by atoms with Gasteiger partial charge in [-0.2, -0.15) is 4.98 Å². The van der Waals surface area contributed by atoms with Gasteiger partial charge in [0.15, 0.2) is 5.82 Å². The quantitative estimate of drug-likeness (QED) is 0.710. The number of likely N-dealkylation sites (N-methyl/N-ethyl adjacent to an activating group) is 1. The number of hydrogen-bond acceptors (Lipinski definition) is 7. The van der Waals surface area contributed by atoms with Gasteiger partial charge in [-0.1, -0.05) is 12.1 Å². The average molecular weight is 316 g/mol. The van der Waals surface area contributed by atoms with Crippen LogP contribution in [0.2, 0.25) is 0 Å². The first kappa shape index (κ1) is 16.4. The topological polar surface area (TPSA) is 79.5 Å². The highest BCUT2D eigenvalue weighted by atomic mass is 32.2. The molecule has 0 saturated carbocycles. The molecule has 0 bridgehead atoms. The zero-order chi connectivity index (χ0) is 15.5. The largest absolute Gasteiger partial charge is 0.339 e. The Morgan fingerprint density at radius 3 is 2.86 bits per heavy atom. The molecule has 2 rings (SSSR count). The molecule has 1 fully saturated rings. The van der Waals surface area contributed by atoms with Crippen molar-refractivity contribution in [3.05, 3.63) is 11.7 Å². The average Bonchev–Trinajstić information content (AvgIpc) is 3.04. The van der Waals surface area contributed by atoms with Crippen molar-refractivity contribution in [2.45, 2.75) is 32.4 Å². The van der Waals surface area contributed by atoms with E-state index in [0.29, 0.717) is 30.8 Å². The van der Waals surface area contributed by atoms with Gasteiger partial charge in [0.25, 0.3) is 0 Å². The molecule has 1 aromatic rings. The van der Waals surface area contributed by atoms with Crippen molar-refractivity contribution < 1.29 is 12.9 Å². The maximum absolute atomic E-state index is 11.2. The summed E-state index contributed by atoms with van der Waals surface area (Å²) in [6.07, 6.45) is 3.08. The third kappa shape index (κ3) is 5.05. The Balaban J connectivity index is 1.80. The maximum atomic E-state index is 11.2. The van der Waals surface area contributed by atoms with Gasteiger partial charge >= 0.3 is 0 Å². The highest BCUT2D eigenvalue weighted by molar-refractivity contribution is 7.90. The second-order valence-corrected chi connectivity index (χ2v) is 8.01. The minimum atomic E-state index is -2.89. The lowest BCUT2D eigenvalue weighted by molar-refractivity contribution is 0.220. The molecule has 1 atom stereocenters. The maximum Gasteiger partial charge on any atom is 0.226 e. The molecule has 7 nitrogen and oxygen atoms in total. The van der Waals surface area contributed by atoms with E-state index in [1.165, 1.54) is 6.26 Å². The van der Waals surface area contributed by atoms with Crippen LogP contribution in [0.4, 0.5) is 0 Å². The number of hydrogen-bond donors (Lipinski definition) is 0. The molecule has 0 N–H and O–H groups in total. The van der Waals surface area contributed by atoms with E-state index in [4.69, 9.17) is 4.52 Å². The number of aryl methyl sites for hydroxylation is 1. The third-order valence-electron chi connectivity index (χ3n) is 3.85. The smallest absolute Gasteiger partial charge is 0.226 e. The van der Waals surface area contributed by atoms with E-state index in [2.05, 4.69) is 19.9 Å². The first-order valence-corrected chi connectivity index (χ1v) is 9.35. The summed E-state index contributed by atoms with van der Waals surface area (Å²) in [5, 5.41) is 3.97. The van der Waals surface area contributed by atoms with Crippen molar-refractivity contribution in [3.8, 4) is 0 Å². The molecule has 1 saturated heterocycles. The Labute approximate surface area is 126 Å². The van der Waals surface area contributed by atoms with Gasteiger partial charge in [-0.15, -0.1) is 0 Å². The van der Waals surface area contributed by atoms with Crippen molar-refractivity contribution >= 4 is 9.84 Å². The minimum absolute atomic E-state index is 0.230. The van der Waals surface area contributed by atoms with Gasteiger partial charge in [0.05, 0.1) is 12.3 Å². The molecule has 1 aliphatic heterocycles. The van der Waals surface area contributed by atoms with Crippen LogP contribution in [0.15, 0.2) is 4.52 Å². The van der Waals surface area contributed by atoms with E-state index >= 15 is 0 Å². The summed E-state index contributed by atoms with van der Waals surface area (Å²) in [6, 6.07) is 0.410. The van der Waals surface area contributed by atoms with Crippen LogP contribution in [0.3, 0.4) is 0 Å². The van der Waals surface area contributed by atoms with Crippen LogP contribution < -0.4 is 0 Å². The molecule has 120 valence electrons. The molecule has 2 heterocycles. The summed E-state index contributed by atoms with van der Waals surface area (Å²) >= 11 is 0. The van der Waals surface area contributed by atoms with Crippen LogP contribution in [-0.4, -0.2) is 73.1 Å². The second kappa shape index (κ2) is 6.85. The number of rotatable bonds is 7. The number of nitrogens with zero attached hydrogens (tertiary/aromatic N) is 4. The van der Waals surface area contributed by atoms with Gasteiger partial charge in [0.1, 0.15) is 9.84 Å². The van der Waals surface area contributed by atoms with Gasteiger partial charge in [-0.3, -0.25) is 4.90 Å². The van der Waals surface area contributed by atoms with Crippen LogP contribution in [0.25, 0.3) is 0 Å². The normalized spacial score (nSPS) is 20.5. The Morgan fingerprint density at radius 1 is 1.48 bits per heavy atom. The van der Waals surface area contributed by atoms with Gasteiger partial charge < -0.3 is 9.42 Å². The summed E-state index contributed by atoms with van der Waals surface area (Å²) in [6.45, 7) is 5.10. The first-order chi connectivity index (χ1) is 9.87. The third-order valence-corrected chi connectivity index (χ3v) is 4.78. The SMILES string of the molecule is CCc1nc(CN(C)[C@H]2CCN(CCS(C)(=O)=O)C2)no1. The fourth-order valence-corrected chi connectivity index (χ4v) is 3.11. The summed E-state index contributed by atoms with van der Waals surface area (Å²) in [7, 11) is -0.837. The van der Waals surface area contributed by atoms with E-state index in [0.717, 1.165) is 25.9 Å². The second-order valence-electron chi connectivity index (χ2n) is 5.75. The van der Waals surface area contributed by atoms with Crippen molar-refractivity contribution in [2.24, 2.45) is 0 Å². The van der Waals surface area contributed by atoms with Gasteiger partial charge in [-0.05, 0) is 20.0 Å². The summed E-state index contributed by atoms with van der Waals surface area (Å²) in [5.41, 5.74) is 0. The lowest BCUT2D eigenvalue weighted by atomic mass is 10.2. The fraction of sp³-hybridized carbons (Fsp3) is 0.846. The van der Waals surface area contributed by atoms with Crippen molar-refractivity contribution in [3.63, 3.8) is 0 Å². The molecule has 0 spiro atoms. The van der Waals surface area contributed by atoms with Crippen LogP contribution in [0, 0.1) is 0 Å². The summed E-state index contributed by atoms with van der Waals surface area (Å²) in [5.74, 6) is 1.61. The first-order valence-electron chi connectivity index (χ1n) is 7.29. The van der Waals surface area contributed by atoms with E-state index in [9.17, 15) is 8.42 Å². The molecular formula is C13H24N4O3S. The highest BCUT2D eigenvalue weighted by Gasteiger charge is 2.26. The van der Waals surface area contributed by atoms with Crippen molar-refractivity contribution in [1.82, 2.24) is 19.9 Å². The highest BCUT2D eigenvalue weighted by Crippen LogP contribution is 2.16. The van der Waals surface area contributed by atoms with Crippen LogP contribution in [0.1, 0.15) is 25.1 Å². The lowest BCUT2D eigenvalue weighted by Crippen LogP contribution is -2.35. The Hall–Kier alpha value is -0.990. The van der Waals surface area contributed by atoms with E-state index < -0.39 is 9.84 Å². The van der Waals surface area contributed by atoms with Crippen LogP contribution >= 0.6 is 0 Å². The van der Waals surface area contributed by atoms with Gasteiger partial charge in [-0.25, -0.2) is 8.42 Å². The minimum Gasteiger partial charge on any atom is -0.339 e. The predicted octanol–water partition coefficient (Wildman–Crippen LogP) is 0.183. The number of sulfone groups is 1. The number of aromatic nitrogens is 2. The zero-order valence-electron chi connectivity index (χ0n) is 12.9. The predicted molar refractivity (Wildman–Crippen MR) is 79.7 cm³/mol. The number of likely N-dealkylation sites (tertiary alicyclic amines) is 1. The Kier molecular flexibility index (Phi) is 5.34. The Morgan fingerprint density at radius 2 is 2.24 bits per heavy atom. The Bertz CT molecular complexity index is 558. The molecule has 8 heteroatoms. The van der Waals surface area contributed by atoms with E-state index in [1.807, 2.05) is 14.0 Å². The van der Waals surface area contributed by atoms with Crippen molar-refractivity contribution in [1.29, 1.82) is 0 Å². The van der Waals surface area contributed by atoms with Gasteiger partial charge in [0, 0.05) is 31.8 Å². The van der Waals surface area contributed by atoms with E-state index in [1.54, 1.807) is 0 Å². The van der Waals surface area contributed by atoms with Gasteiger partial charge in [0.2, 0.25) is 5.89 Å². The van der Waals surface area contributed by atoms with Crippen molar-refractivity contribution in [2.75, 3.05) is 38.7 Å². The molecule has 0 radical (unpaired) electrons. The summed E-state index contributed by atoms with van der Waals surface area (Å²) < 4.78 is 27.5. The monoisotopic (exact) mass is 316 g/mol. The molecule has 0 aromatic carbocycles. The molecule has 0 aliphatic carbocycles. The molecule has 1 aliphatic rings. The zero-order valence-corrected chi connectivity index (χ0v) is 13.8. The lowest BCUT2D eigenvalue weighted by Gasteiger charge is -2.23. The summed E-state index contributed by atoms with van der Waals surface area (Å²) in [4.78, 5) is 8.73. The van der Waals surface area contributed by atoms with E-state index in [-0.39, 0.29) is 5.75 Å².